The van der Waals surface area contributed by atoms with Gasteiger partial charge in [-0.3, -0.25) is 4.79 Å². The molecule has 2 aromatic rings. The fraction of sp³-hybridized carbons (Fsp3) is 0.353. The maximum Gasteiger partial charge on any atom is 0.316 e. The van der Waals surface area contributed by atoms with Gasteiger partial charge in [0.2, 0.25) is 0 Å². The first-order valence-corrected chi connectivity index (χ1v) is 7.91. The number of rotatable bonds is 3. The van der Waals surface area contributed by atoms with E-state index in [-0.39, 0.29) is 5.97 Å². The van der Waals surface area contributed by atoms with E-state index >= 15 is 0 Å². The first kappa shape index (κ1) is 15.7. The van der Waals surface area contributed by atoms with Crippen LogP contribution in [-0.2, 0) is 14.9 Å². The van der Waals surface area contributed by atoms with Crippen molar-refractivity contribution >= 4 is 23.3 Å². The minimum atomic E-state index is -0.587. The van der Waals surface area contributed by atoms with Crippen LogP contribution in [0.1, 0.15) is 18.4 Å². The average molecular weight is 332 g/mol. The Morgan fingerprint density at radius 2 is 1.96 bits per heavy atom. The van der Waals surface area contributed by atoms with Gasteiger partial charge in [-0.2, -0.15) is 5.10 Å². The van der Waals surface area contributed by atoms with E-state index in [1.807, 2.05) is 30.3 Å². The van der Waals surface area contributed by atoms with Crippen LogP contribution in [0.2, 0.25) is 5.15 Å². The van der Waals surface area contributed by atoms with Crippen LogP contribution < -0.4 is 4.90 Å². The predicted molar refractivity (Wildman–Crippen MR) is 88.6 cm³/mol. The number of methoxy groups -OCH3 is 1. The quantitative estimate of drug-likeness (QED) is 0.809. The Morgan fingerprint density at radius 1 is 1.26 bits per heavy atom. The molecule has 3 rings (SSSR count). The molecule has 0 unspecified atom stereocenters. The lowest BCUT2D eigenvalue weighted by Gasteiger charge is -2.40. The molecule has 0 aliphatic carbocycles. The maximum absolute atomic E-state index is 12.5. The second-order valence-electron chi connectivity index (χ2n) is 5.66. The molecule has 1 aromatic carbocycles. The lowest BCUT2D eigenvalue weighted by molar-refractivity contribution is -0.148. The van der Waals surface area contributed by atoms with Crippen molar-refractivity contribution in [2.24, 2.45) is 0 Å². The zero-order valence-electron chi connectivity index (χ0n) is 12.9. The van der Waals surface area contributed by atoms with Crippen LogP contribution in [0.4, 0.5) is 5.69 Å². The number of ether oxygens (including phenoxy) is 1. The highest BCUT2D eigenvalue weighted by atomic mass is 35.5. The number of halogens is 1. The van der Waals surface area contributed by atoms with E-state index in [0.717, 1.165) is 24.3 Å². The van der Waals surface area contributed by atoms with Gasteiger partial charge in [-0.25, -0.2) is 0 Å². The van der Waals surface area contributed by atoms with Crippen LogP contribution in [0.5, 0.6) is 0 Å². The van der Waals surface area contributed by atoms with Crippen LogP contribution in [0.3, 0.4) is 0 Å². The van der Waals surface area contributed by atoms with Crippen LogP contribution >= 0.6 is 11.6 Å². The summed E-state index contributed by atoms with van der Waals surface area (Å²) in [6, 6.07) is 11.7. The molecule has 1 fully saturated rings. The summed E-state index contributed by atoms with van der Waals surface area (Å²) in [6.07, 6.45) is 3.06. The zero-order chi connectivity index (χ0) is 16.3. The Hall–Kier alpha value is -2.14. The summed E-state index contributed by atoms with van der Waals surface area (Å²) in [4.78, 5) is 14.7. The minimum absolute atomic E-state index is 0.172. The highest BCUT2D eigenvalue weighted by molar-refractivity contribution is 6.29. The van der Waals surface area contributed by atoms with Gasteiger partial charge in [-0.05, 0) is 18.4 Å². The standard InChI is InChI=1S/C17H18ClN3O2/c1-23-16(22)17(13-5-3-2-4-6-13)7-9-21(10-8-17)14-11-15(18)20-19-12-14/h2-6,11-12H,7-10H2,1H3. The van der Waals surface area contributed by atoms with Crippen molar-refractivity contribution in [3.05, 3.63) is 53.3 Å². The highest BCUT2D eigenvalue weighted by Crippen LogP contribution is 2.38. The van der Waals surface area contributed by atoms with Crippen molar-refractivity contribution in [1.29, 1.82) is 0 Å². The lowest BCUT2D eigenvalue weighted by Crippen LogP contribution is -2.48. The first-order chi connectivity index (χ1) is 11.2. The van der Waals surface area contributed by atoms with E-state index in [9.17, 15) is 4.79 Å². The molecule has 1 saturated heterocycles. The van der Waals surface area contributed by atoms with E-state index in [4.69, 9.17) is 16.3 Å². The summed E-state index contributed by atoms with van der Waals surface area (Å²) in [6.45, 7) is 1.46. The molecule has 120 valence electrons. The summed E-state index contributed by atoms with van der Waals surface area (Å²) >= 11 is 5.91. The number of carbonyl (C=O) groups excluding carboxylic acids is 1. The maximum atomic E-state index is 12.5. The van der Waals surface area contributed by atoms with Gasteiger partial charge in [0.1, 0.15) is 0 Å². The van der Waals surface area contributed by atoms with Crippen molar-refractivity contribution in [1.82, 2.24) is 10.2 Å². The molecule has 0 atom stereocenters. The molecular weight excluding hydrogens is 314 g/mol. The van der Waals surface area contributed by atoms with Crippen LogP contribution in [-0.4, -0.2) is 36.4 Å². The third kappa shape index (κ3) is 3.01. The molecule has 1 aromatic heterocycles. The van der Waals surface area contributed by atoms with E-state index < -0.39 is 5.41 Å². The lowest BCUT2D eigenvalue weighted by atomic mass is 9.72. The van der Waals surface area contributed by atoms with Crippen molar-refractivity contribution in [2.45, 2.75) is 18.3 Å². The van der Waals surface area contributed by atoms with Gasteiger partial charge in [0, 0.05) is 19.2 Å². The van der Waals surface area contributed by atoms with Crippen LogP contribution in [0.25, 0.3) is 0 Å². The number of aromatic nitrogens is 2. The van der Waals surface area contributed by atoms with Crippen LogP contribution in [0, 0.1) is 0 Å². The van der Waals surface area contributed by atoms with Crippen molar-refractivity contribution < 1.29 is 9.53 Å². The van der Waals surface area contributed by atoms with Crippen molar-refractivity contribution in [3.63, 3.8) is 0 Å². The fourth-order valence-electron chi connectivity index (χ4n) is 3.21. The normalized spacial score (nSPS) is 16.9. The molecular formula is C17H18ClN3O2. The minimum Gasteiger partial charge on any atom is -0.468 e. The summed E-state index contributed by atoms with van der Waals surface area (Å²) in [7, 11) is 1.45. The monoisotopic (exact) mass is 331 g/mol. The highest BCUT2D eigenvalue weighted by Gasteiger charge is 2.44. The van der Waals surface area contributed by atoms with E-state index in [1.165, 1.54) is 7.11 Å². The summed E-state index contributed by atoms with van der Waals surface area (Å²) in [5.74, 6) is -0.172. The number of benzene rings is 1. The SMILES string of the molecule is COC(=O)C1(c2ccccc2)CCN(c2cnnc(Cl)c2)CC1. The first-order valence-electron chi connectivity index (χ1n) is 7.53. The second kappa shape index (κ2) is 6.54. The summed E-state index contributed by atoms with van der Waals surface area (Å²) in [5.41, 5.74) is 1.35. The number of hydrogen-bond donors (Lipinski definition) is 0. The number of hydrogen-bond acceptors (Lipinski definition) is 5. The molecule has 1 aliphatic rings. The molecule has 0 N–H and O–H groups in total. The largest absolute Gasteiger partial charge is 0.468 e. The van der Waals surface area contributed by atoms with Crippen molar-refractivity contribution in [3.8, 4) is 0 Å². The Balaban J connectivity index is 1.85. The molecule has 2 heterocycles. The molecule has 0 radical (unpaired) electrons. The number of nitrogens with zero attached hydrogens (tertiary/aromatic N) is 3. The Morgan fingerprint density at radius 3 is 2.57 bits per heavy atom. The number of esters is 1. The zero-order valence-corrected chi connectivity index (χ0v) is 13.7. The third-order valence-corrected chi connectivity index (χ3v) is 4.68. The Labute approximate surface area is 140 Å². The summed E-state index contributed by atoms with van der Waals surface area (Å²) in [5, 5.41) is 8.03. The van der Waals surface area contributed by atoms with Gasteiger partial charge in [0.05, 0.1) is 24.4 Å². The van der Waals surface area contributed by atoms with Gasteiger partial charge in [0.15, 0.2) is 5.15 Å². The summed E-state index contributed by atoms with van der Waals surface area (Å²) < 4.78 is 5.11. The number of anilines is 1. The average Bonchev–Trinajstić information content (AvgIpc) is 2.62. The number of carbonyl (C=O) groups is 1. The molecule has 5 nitrogen and oxygen atoms in total. The van der Waals surface area contributed by atoms with Gasteiger partial charge in [-0.15, -0.1) is 5.10 Å². The third-order valence-electron chi connectivity index (χ3n) is 4.49. The molecule has 0 amide bonds. The van der Waals surface area contributed by atoms with E-state index in [2.05, 4.69) is 15.1 Å². The van der Waals surface area contributed by atoms with E-state index in [1.54, 1.807) is 12.3 Å². The topological polar surface area (TPSA) is 55.3 Å². The van der Waals surface area contributed by atoms with Crippen molar-refractivity contribution in [2.75, 3.05) is 25.1 Å². The van der Waals surface area contributed by atoms with Gasteiger partial charge >= 0.3 is 5.97 Å². The number of piperidine rings is 1. The Bertz CT molecular complexity index is 685. The molecule has 0 bridgehead atoms. The van der Waals surface area contributed by atoms with Crippen LogP contribution in [0.15, 0.2) is 42.6 Å². The molecule has 23 heavy (non-hydrogen) atoms. The molecule has 0 spiro atoms. The van der Waals surface area contributed by atoms with E-state index in [0.29, 0.717) is 18.0 Å². The smallest absolute Gasteiger partial charge is 0.316 e. The fourth-order valence-corrected chi connectivity index (χ4v) is 3.37. The molecule has 6 heteroatoms. The van der Waals surface area contributed by atoms with Gasteiger partial charge in [-0.1, -0.05) is 41.9 Å². The second-order valence-corrected chi connectivity index (χ2v) is 6.05. The Kier molecular flexibility index (Phi) is 4.48. The van der Waals surface area contributed by atoms with Gasteiger partial charge < -0.3 is 9.64 Å². The predicted octanol–water partition coefficient (Wildman–Crippen LogP) is 2.84. The van der Waals surface area contributed by atoms with Gasteiger partial charge in [0.25, 0.3) is 0 Å². The molecule has 0 saturated carbocycles. The molecule has 1 aliphatic heterocycles.